The first-order chi connectivity index (χ1) is 16.6. The third-order valence-electron chi connectivity index (χ3n) is 7.20. The Labute approximate surface area is 207 Å². The molecule has 2 N–H and O–H groups in total. The molecule has 0 spiro atoms. The Balaban J connectivity index is 1.35. The number of hydrogen-bond acceptors (Lipinski definition) is 6. The Morgan fingerprint density at radius 2 is 1.77 bits per heavy atom. The minimum Gasteiger partial charge on any atom is -0.390 e. The number of carbonyl (C=O) groups is 2. The van der Waals surface area contributed by atoms with Crippen molar-refractivity contribution in [3.63, 3.8) is 0 Å². The predicted molar refractivity (Wildman–Crippen MR) is 137 cm³/mol. The van der Waals surface area contributed by atoms with Crippen molar-refractivity contribution >= 4 is 23.4 Å². The summed E-state index contributed by atoms with van der Waals surface area (Å²) in [5, 5.41) is 17.2. The number of nitrogens with zero attached hydrogens (tertiary/aromatic N) is 5. The third-order valence-corrected chi connectivity index (χ3v) is 7.20. The van der Waals surface area contributed by atoms with Crippen LogP contribution in [0.25, 0.3) is 0 Å². The molecule has 0 unspecified atom stereocenters. The van der Waals surface area contributed by atoms with Gasteiger partial charge >= 0.3 is 6.03 Å². The summed E-state index contributed by atoms with van der Waals surface area (Å²) in [6.07, 6.45) is 3.57. The van der Waals surface area contributed by atoms with E-state index in [1.807, 2.05) is 13.8 Å². The lowest BCUT2D eigenvalue weighted by Gasteiger charge is -2.40. The van der Waals surface area contributed by atoms with Crippen molar-refractivity contribution in [2.75, 3.05) is 49.5 Å². The standard InChI is InChI=1S/C26H38N6O3/c1-19-5-6-21(23(17-19)30-10-7-22(8-11-30)26(3,4)35)18-29-13-15-31(16-14-29)25(34)32-12-9-24(28-32)27-20(2)33/h5-6,9,12,17,22,35H,7-8,10-11,13-16,18H2,1-4H3,(H,27,28,33). The first kappa shape index (κ1) is 25.2. The van der Waals surface area contributed by atoms with Gasteiger partial charge < -0.3 is 20.2 Å². The average molecular weight is 483 g/mol. The van der Waals surface area contributed by atoms with Crippen LogP contribution in [0.2, 0.25) is 0 Å². The number of aryl methyl sites for hydroxylation is 1. The Morgan fingerprint density at radius 3 is 2.40 bits per heavy atom. The molecule has 2 saturated heterocycles. The summed E-state index contributed by atoms with van der Waals surface area (Å²) in [6, 6.07) is 8.14. The van der Waals surface area contributed by atoms with Gasteiger partial charge in [-0.3, -0.25) is 9.69 Å². The highest BCUT2D eigenvalue weighted by Gasteiger charge is 2.31. The lowest BCUT2D eigenvalue weighted by Crippen LogP contribution is -2.49. The molecule has 0 bridgehead atoms. The van der Waals surface area contributed by atoms with Crippen molar-refractivity contribution in [3.05, 3.63) is 41.6 Å². The summed E-state index contributed by atoms with van der Waals surface area (Å²) < 4.78 is 1.29. The molecule has 4 rings (SSSR count). The highest BCUT2D eigenvalue weighted by atomic mass is 16.3. The summed E-state index contributed by atoms with van der Waals surface area (Å²) in [5.74, 6) is 0.498. The van der Waals surface area contributed by atoms with E-state index < -0.39 is 5.60 Å². The maximum Gasteiger partial charge on any atom is 0.344 e. The fraction of sp³-hybridized carbons (Fsp3) is 0.577. The zero-order valence-electron chi connectivity index (χ0n) is 21.3. The monoisotopic (exact) mass is 482 g/mol. The average Bonchev–Trinajstić information content (AvgIpc) is 3.27. The molecule has 1 aromatic heterocycles. The lowest BCUT2D eigenvalue weighted by atomic mass is 9.83. The molecular weight excluding hydrogens is 444 g/mol. The lowest BCUT2D eigenvalue weighted by molar-refractivity contribution is -0.114. The molecule has 9 nitrogen and oxygen atoms in total. The molecular formula is C26H38N6O3. The van der Waals surface area contributed by atoms with Crippen LogP contribution >= 0.6 is 0 Å². The molecule has 0 saturated carbocycles. The van der Waals surface area contributed by atoms with Crippen LogP contribution in [-0.4, -0.2) is 81.5 Å². The second kappa shape index (κ2) is 10.4. The minimum absolute atomic E-state index is 0.174. The van der Waals surface area contributed by atoms with E-state index in [9.17, 15) is 14.7 Å². The molecule has 0 atom stereocenters. The Bertz CT molecular complexity index is 1040. The van der Waals surface area contributed by atoms with Crippen LogP contribution in [0, 0.1) is 12.8 Å². The molecule has 35 heavy (non-hydrogen) atoms. The second-order valence-electron chi connectivity index (χ2n) is 10.4. The van der Waals surface area contributed by atoms with E-state index in [-0.39, 0.29) is 11.9 Å². The van der Waals surface area contributed by atoms with Gasteiger partial charge in [-0.2, -0.15) is 4.68 Å². The number of rotatable bonds is 5. The molecule has 9 heteroatoms. The van der Waals surface area contributed by atoms with Crippen LogP contribution in [0.3, 0.4) is 0 Å². The van der Waals surface area contributed by atoms with E-state index in [0.29, 0.717) is 24.8 Å². The number of piperidine rings is 1. The quantitative estimate of drug-likeness (QED) is 0.681. The van der Waals surface area contributed by atoms with Crippen molar-refractivity contribution in [2.45, 2.75) is 52.7 Å². The molecule has 1 aromatic carbocycles. The zero-order chi connectivity index (χ0) is 25.2. The fourth-order valence-corrected chi connectivity index (χ4v) is 5.09. The van der Waals surface area contributed by atoms with E-state index in [1.54, 1.807) is 17.2 Å². The van der Waals surface area contributed by atoms with Gasteiger partial charge in [-0.25, -0.2) is 4.79 Å². The van der Waals surface area contributed by atoms with E-state index in [0.717, 1.165) is 45.6 Å². The van der Waals surface area contributed by atoms with Gasteiger partial charge in [-0.15, -0.1) is 5.10 Å². The van der Waals surface area contributed by atoms with Crippen LogP contribution in [0.1, 0.15) is 44.7 Å². The van der Waals surface area contributed by atoms with E-state index in [1.165, 1.54) is 28.4 Å². The van der Waals surface area contributed by atoms with Gasteiger partial charge in [-0.05, 0) is 56.7 Å². The van der Waals surface area contributed by atoms with Crippen molar-refractivity contribution < 1.29 is 14.7 Å². The molecule has 2 aliphatic rings. The molecule has 190 valence electrons. The number of benzene rings is 1. The Morgan fingerprint density at radius 1 is 1.09 bits per heavy atom. The summed E-state index contributed by atoms with van der Waals surface area (Å²) in [5.41, 5.74) is 3.23. The number of amides is 2. The van der Waals surface area contributed by atoms with E-state index in [4.69, 9.17) is 0 Å². The topological polar surface area (TPSA) is 93.9 Å². The Kier molecular flexibility index (Phi) is 7.47. The molecule has 2 fully saturated rings. The maximum absolute atomic E-state index is 12.8. The van der Waals surface area contributed by atoms with Gasteiger partial charge in [-0.1, -0.05) is 12.1 Å². The highest BCUT2D eigenvalue weighted by molar-refractivity contribution is 5.88. The third kappa shape index (κ3) is 6.21. The van der Waals surface area contributed by atoms with Crippen molar-refractivity contribution in [3.8, 4) is 0 Å². The fourth-order valence-electron chi connectivity index (χ4n) is 5.09. The second-order valence-corrected chi connectivity index (χ2v) is 10.4. The van der Waals surface area contributed by atoms with Crippen LogP contribution in [-0.2, 0) is 11.3 Å². The Hall–Kier alpha value is -2.91. The molecule has 0 radical (unpaired) electrons. The van der Waals surface area contributed by atoms with Gasteiger partial charge in [0.15, 0.2) is 5.82 Å². The van der Waals surface area contributed by atoms with Crippen molar-refractivity contribution in [1.82, 2.24) is 19.6 Å². The maximum atomic E-state index is 12.8. The number of anilines is 2. The minimum atomic E-state index is -0.625. The van der Waals surface area contributed by atoms with Crippen molar-refractivity contribution in [2.24, 2.45) is 5.92 Å². The highest BCUT2D eigenvalue weighted by Crippen LogP contribution is 2.32. The molecule has 2 aliphatic heterocycles. The summed E-state index contributed by atoms with van der Waals surface area (Å²) >= 11 is 0. The summed E-state index contributed by atoms with van der Waals surface area (Å²) in [4.78, 5) is 30.7. The van der Waals surface area contributed by atoms with Gasteiger partial charge in [0.1, 0.15) is 0 Å². The number of nitrogens with one attached hydrogen (secondary N) is 1. The predicted octanol–water partition coefficient (Wildman–Crippen LogP) is 2.92. The number of aliphatic hydroxyl groups is 1. The number of carbonyl (C=O) groups excluding carboxylic acids is 2. The molecule has 0 aliphatic carbocycles. The van der Waals surface area contributed by atoms with Crippen LogP contribution in [0.4, 0.5) is 16.3 Å². The number of piperazine rings is 1. The SMILES string of the molecule is CC(=O)Nc1ccn(C(=O)N2CCN(Cc3ccc(C)cc3N3CCC(C(C)(C)O)CC3)CC2)n1. The van der Waals surface area contributed by atoms with Gasteiger partial charge in [0.2, 0.25) is 5.91 Å². The van der Waals surface area contributed by atoms with Crippen LogP contribution in [0.15, 0.2) is 30.5 Å². The molecule has 2 amide bonds. The van der Waals surface area contributed by atoms with Gasteiger partial charge in [0, 0.05) is 70.7 Å². The molecule has 2 aromatic rings. The summed E-state index contributed by atoms with van der Waals surface area (Å²) in [6.45, 7) is 13.0. The van der Waals surface area contributed by atoms with E-state index in [2.05, 4.69) is 45.3 Å². The first-order valence-corrected chi connectivity index (χ1v) is 12.5. The van der Waals surface area contributed by atoms with Crippen LogP contribution in [0.5, 0.6) is 0 Å². The number of aromatic nitrogens is 2. The number of hydrogen-bond donors (Lipinski definition) is 2. The zero-order valence-corrected chi connectivity index (χ0v) is 21.3. The normalized spacial score (nSPS) is 18.1. The van der Waals surface area contributed by atoms with Gasteiger partial charge in [0.05, 0.1) is 5.60 Å². The van der Waals surface area contributed by atoms with Gasteiger partial charge in [0.25, 0.3) is 0 Å². The largest absolute Gasteiger partial charge is 0.390 e. The van der Waals surface area contributed by atoms with Crippen LogP contribution < -0.4 is 10.2 Å². The molecule has 3 heterocycles. The van der Waals surface area contributed by atoms with E-state index >= 15 is 0 Å². The smallest absolute Gasteiger partial charge is 0.344 e. The van der Waals surface area contributed by atoms with Crippen molar-refractivity contribution in [1.29, 1.82) is 0 Å². The summed E-state index contributed by atoms with van der Waals surface area (Å²) in [7, 11) is 0. The first-order valence-electron chi connectivity index (χ1n) is 12.5.